The number of aliphatic hydroxyl groups is 1. The molecule has 1 heterocycles. The van der Waals surface area contributed by atoms with Gasteiger partial charge in [0, 0.05) is 18.3 Å². The highest BCUT2D eigenvalue weighted by atomic mass is 16.6. The number of phenolic OH excluding ortho intramolecular Hbond substituents is 1. The number of phenols is 1. The van der Waals surface area contributed by atoms with Crippen LogP contribution in [0.5, 0.6) is 5.75 Å². The summed E-state index contributed by atoms with van der Waals surface area (Å²) in [5.74, 6) is -0.155. The lowest BCUT2D eigenvalue weighted by molar-refractivity contribution is -0.384. The Balaban J connectivity index is 2.08. The SMILES string of the molecule is O=[N+]([O-])c1cc(O)ccc1NCc1cnn(CCO)c1. The minimum Gasteiger partial charge on any atom is -0.508 e. The van der Waals surface area contributed by atoms with E-state index in [1.54, 1.807) is 17.1 Å². The van der Waals surface area contributed by atoms with Crippen LogP contribution >= 0.6 is 0 Å². The molecule has 0 saturated heterocycles. The molecule has 2 aromatic rings. The predicted molar refractivity (Wildman–Crippen MR) is 71.4 cm³/mol. The van der Waals surface area contributed by atoms with E-state index in [0.29, 0.717) is 18.8 Å². The van der Waals surface area contributed by atoms with Gasteiger partial charge in [-0.05, 0) is 12.1 Å². The molecule has 0 fully saturated rings. The lowest BCUT2D eigenvalue weighted by Gasteiger charge is -2.06. The van der Waals surface area contributed by atoms with Crippen LogP contribution in [-0.2, 0) is 13.1 Å². The molecule has 1 aromatic carbocycles. The van der Waals surface area contributed by atoms with Crippen molar-refractivity contribution in [3.8, 4) is 5.75 Å². The van der Waals surface area contributed by atoms with Gasteiger partial charge in [-0.1, -0.05) is 0 Å². The summed E-state index contributed by atoms with van der Waals surface area (Å²) >= 11 is 0. The number of aliphatic hydroxyl groups excluding tert-OH is 1. The molecule has 0 aliphatic heterocycles. The van der Waals surface area contributed by atoms with E-state index in [9.17, 15) is 15.2 Å². The largest absolute Gasteiger partial charge is 0.508 e. The van der Waals surface area contributed by atoms with Gasteiger partial charge >= 0.3 is 0 Å². The maximum atomic E-state index is 10.9. The maximum Gasteiger partial charge on any atom is 0.296 e. The second-order valence-corrected chi connectivity index (χ2v) is 4.15. The van der Waals surface area contributed by atoms with Gasteiger partial charge in [0.2, 0.25) is 0 Å². The van der Waals surface area contributed by atoms with Gasteiger partial charge in [0.05, 0.1) is 30.3 Å². The lowest BCUT2D eigenvalue weighted by Crippen LogP contribution is -2.03. The van der Waals surface area contributed by atoms with Crippen LogP contribution in [0.3, 0.4) is 0 Å². The van der Waals surface area contributed by atoms with Crippen LogP contribution in [0.2, 0.25) is 0 Å². The van der Waals surface area contributed by atoms with Crippen molar-refractivity contribution in [1.82, 2.24) is 9.78 Å². The monoisotopic (exact) mass is 278 g/mol. The van der Waals surface area contributed by atoms with E-state index in [2.05, 4.69) is 10.4 Å². The Morgan fingerprint density at radius 1 is 1.45 bits per heavy atom. The highest BCUT2D eigenvalue weighted by Gasteiger charge is 2.14. The first kappa shape index (κ1) is 13.8. The van der Waals surface area contributed by atoms with Crippen LogP contribution < -0.4 is 5.32 Å². The number of anilines is 1. The number of nitro benzene ring substituents is 1. The predicted octanol–water partition coefficient (Wildman–Crippen LogP) is 1.10. The van der Waals surface area contributed by atoms with Crippen LogP contribution in [0, 0.1) is 10.1 Å². The molecular formula is C12H14N4O4. The molecule has 20 heavy (non-hydrogen) atoms. The third kappa shape index (κ3) is 3.23. The zero-order chi connectivity index (χ0) is 14.5. The van der Waals surface area contributed by atoms with Gasteiger partial charge in [0.1, 0.15) is 11.4 Å². The second kappa shape index (κ2) is 6.02. The first-order valence-corrected chi connectivity index (χ1v) is 5.93. The average Bonchev–Trinajstić information content (AvgIpc) is 2.85. The van der Waals surface area contributed by atoms with Crippen LogP contribution in [0.25, 0.3) is 0 Å². The molecular weight excluding hydrogens is 264 g/mol. The molecule has 3 N–H and O–H groups in total. The highest BCUT2D eigenvalue weighted by molar-refractivity contribution is 5.63. The van der Waals surface area contributed by atoms with Gasteiger partial charge in [-0.3, -0.25) is 14.8 Å². The van der Waals surface area contributed by atoms with Crippen molar-refractivity contribution in [3.05, 3.63) is 46.3 Å². The topological polar surface area (TPSA) is 113 Å². The van der Waals surface area contributed by atoms with Crippen molar-refractivity contribution in [3.63, 3.8) is 0 Å². The van der Waals surface area contributed by atoms with Gasteiger partial charge < -0.3 is 15.5 Å². The number of hydrogen-bond acceptors (Lipinski definition) is 6. The molecule has 8 nitrogen and oxygen atoms in total. The summed E-state index contributed by atoms with van der Waals surface area (Å²) in [4.78, 5) is 10.3. The first-order valence-electron chi connectivity index (χ1n) is 5.93. The summed E-state index contributed by atoms with van der Waals surface area (Å²) in [7, 11) is 0. The molecule has 1 aromatic heterocycles. The summed E-state index contributed by atoms with van der Waals surface area (Å²) in [5.41, 5.74) is 0.969. The number of aromatic hydroxyl groups is 1. The summed E-state index contributed by atoms with van der Waals surface area (Å²) in [6, 6.07) is 3.92. The molecule has 0 bridgehead atoms. The van der Waals surface area contributed by atoms with Crippen LogP contribution in [0.15, 0.2) is 30.6 Å². The third-order valence-corrected chi connectivity index (χ3v) is 2.68. The van der Waals surface area contributed by atoms with Gasteiger partial charge in [-0.15, -0.1) is 0 Å². The number of nitrogens with one attached hydrogen (secondary N) is 1. The second-order valence-electron chi connectivity index (χ2n) is 4.15. The first-order chi connectivity index (χ1) is 9.60. The number of nitro groups is 1. The normalized spacial score (nSPS) is 10.4. The molecule has 0 aliphatic rings. The number of hydrogen-bond donors (Lipinski definition) is 3. The quantitative estimate of drug-likeness (QED) is 0.414. The molecule has 2 rings (SSSR count). The Hall–Kier alpha value is -2.61. The fourth-order valence-electron chi connectivity index (χ4n) is 1.74. The lowest BCUT2D eigenvalue weighted by atomic mass is 10.2. The fourth-order valence-corrected chi connectivity index (χ4v) is 1.74. The summed E-state index contributed by atoms with van der Waals surface area (Å²) in [5, 5.41) is 35.9. The van der Waals surface area contributed by atoms with E-state index in [0.717, 1.165) is 11.6 Å². The van der Waals surface area contributed by atoms with Crippen LogP contribution in [0.4, 0.5) is 11.4 Å². The van der Waals surface area contributed by atoms with Gasteiger partial charge in [0.15, 0.2) is 0 Å². The Bertz CT molecular complexity index is 611. The number of rotatable bonds is 6. The van der Waals surface area contributed by atoms with E-state index in [1.807, 2.05) is 0 Å². The van der Waals surface area contributed by atoms with Crippen molar-refractivity contribution in [2.75, 3.05) is 11.9 Å². The molecule has 0 atom stereocenters. The summed E-state index contributed by atoms with van der Waals surface area (Å²) < 4.78 is 1.59. The Morgan fingerprint density at radius 3 is 2.95 bits per heavy atom. The maximum absolute atomic E-state index is 10.9. The molecule has 0 saturated carbocycles. The van der Waals surface area contributed by atoms with E-state index < -0.39 is 4.92 Å². The molecule has 0 aliphatic carbocycles. The Labute approximate surface area is 114 Å². The van der Waals surface area contributed by atoms with Gasteiger partial charge in [-0.2, -0.15) is 5.10 Å². The highest BCUT2D eigenvalue weighted by Crippen LogP contribution is 2.28. The van der Waals surface area contributed by atoms with E-state index in [-0.39, 0.29) is 18.0 Å². The molecule has 0 unspecified atom stereocenters. The number of nitrogens with zero attached hydrogens (tertiary/aromatic N) is 3. The minimum absolute atomic E-state index is 0.00200. The smallest absolute Gasteiger partial charge is 0.296 e. The van der Waals surface area contributed by atoms with E-state index in [4.69, 9.17) is 5.11 Å². The van der Waals surface area contributed by atoms with Gasteiger partial charge in [-0.25, -0.2) is 0 Å². The summed E-state index contributed by atoms with van der Waals surface area (Å²) in [6.07, 6.45) is 3.37. The van der Waals surface area contributed by atoms with Gasteiger partial charge in [0.25, 0.3) is 5.69 Å². The van der Waals surface area contributed by atoms with Crippen LogP contribution in [-0.4, -0.2) is 31.5 Å². The standard InChI is InChI=1S/C12H14N4O4/c17-4-3-15-8-9(7-14-15)6-13-11-2-1-10(18)5-12(11)16(19)20/h1-2,5,7-8,13,17-18H,3-4,6H2. The molecule has 0 radical (unpaired) electrons. The molecule has 0 amide bonds. The number of aromatic nitrogens is 2. The van der Waals surface area contributed by atoms with Crippen molar-refractivity contribution >= 4 is 11.4 Å². The summed E-state index contributed by atoms with van der Waals surface area (Å²) in [6.45, 7) is 0.758. The van der Waals surface area contributed by atoms with E-state index in [1.165, 1.54) is 12.1 Å². The average molecular weight is 278 g/mol. The number of benzene rings is 1. The van der Waals surface area contributed by atoms with E-state index >= 15 is 0 Å². The Morgan fingerprint density at radius 2 is 2.25 bits per heavy atom. The van der Waals surface area contributed by atoms with Crippen molar-refractivity contribution < 1.29 is 15.1 Å². The molecule has 106 valence electrons. The zero-order valence-electron chi connectivity index (χ0n) is 10.6. The molecule has 0 spiro atoms. The van der Waals surface area contributed by atoms with Crippen molar-refractivity contribution in [2.45, 2.75) is 13.1 Å². The fraction of sp³-hybridized carbons (Fsp3) is 0.250. The van der Waals surface area contributed by atoms with Crippen molar-refractivity contribution in [1.29, 1.82) is 0 Å². The zero-order valence-corrected chi connectivity index (χ0v) is 10.6. The van der Waals surface area contributed by atoms with Crippen molar-refractivity contribution in [2.24, 2.45) is 0 Å². The third-order valence-electron chi connectivity index (χ3n) is 2.68. The minimum atomic E-state index is -0.558. The van der Waals surface area contributed by atoms with Crippen LogP contribution in [0.1, 0.15) is 5.56 Å². The molecule has 8 heteroatoms. The Kier molecular flexibility index (Phi) is 4.16.